The SMILES string of the molecule is CC(C)[C@@H]1COC23CCN(C(C)c4ccccc4)CC2CCC(=O)N13. The van der Waals surface area contributed by atoms with Gasteiger partial charge in [0.05, 0.1) is 12.6 Å². The first-order chi connectivity index (χ1) is 12.0. The van der Waals surface area contributed by atoms with Crippen molar-refractivity contribution >= 4 is 5.91 Å². The quantitative estimate of drug-likeness (QED) is 0.843. The number of amides is 1. The monoisotopic (exact) mass is 342 g/mol. The van der Waals surface area contributed by atoms with E-state index in [-0.39, 0.29) is 11.8 Å². The highest BCUT2D eigenvalue weighted by atomic mass is 16.5. The van der Waals surface area contributed by atoms with Crippen molar-refractivity contribution in [1.29, 1.82) is 0 Å². The molecule has 0 radical (unpaired) electrons. The molecule has 1 spiro atoms. The van der Waals surface area contributed by atoms with Gasteiger partial charge in [-0.25, -0.2) is 0 Å². The summed E-state index contributed by atoms with van der Waals surface area (Å²) >= 11 is 0. The summed E-state index contributed by atoms with van der Waals surface area (Å²) in [6.07, 6.45) is 2.56. The van der Waals surface area contributed by atoms with Gasteiger partial charge in [-0.2, -0.15) is 0 Å². The van der Waals surface area contributed by atoms with Crippen LogP contribution >= 0.6 is 0 Å². The standard InChI is InChI=1S/C21H30N2O2/c1-15(2)19-14-25-21-11-12-22(16(3)17-7-5-4-6-8-17)13-18(21)9-10-20(24)23(19)21/h4-8,15-16,18-19H,9-14H2,1-3H3/t16?,18?,19-,21?/m0/s1. The summed E-state index contributed by atoms with van der Waals surface area (Å²) < 4.78 is 6.40. The van der Waals surface area contributed by atoms with E-state index in [2.05, 4.69) is 60.9 Å². The highest BCUT2D eigenvalue weighted by molar-refractivity contribution is 5.78. The van der Waals surface area contributed by atoms with E-state index in [9.17, 15) is 4.79 Å². The van der Waals surface area contributed by atoms with Crippen molar-refractivity contribution in [3.63, 3.8) is 0 Å². The molecule has 4 nitrogen and oxygen atoms in total. The van der Waals surface area contributed by atoms with E-state index in [1.807, 2.05) is 0 Å². The van der Waals surface area contributed by atoms with Crippen LogP contribution in [-0.4, -0.2) is 47.2 Å². The number of carbonyl (C=O) groups is 1. The molecule has 4 heteroatoms. The highest BCUT2D eigenvalue weighted by Crippen LogP contribution is 2.48. The Morgan fingerprint density at radius 1 is 1.20 bits per heavy atom. The van der Waals surface area contributed by atoms with Gasteiger partial charge in [0.25, 0.3) is 0 Å². The summed E-state index contributed by atoms with van der Waals surface area (Å²) in [6.45, 7) is 9.42. The predicted molar refractivity (Wildman–Crippen MR) is 97.9 cm³/mol. The van der Waals surface area contributed by atoms with E-state index in [1.165, 1.54) is 5.56 Å². The van der Waals surface area contributed by atoms with Crippen LogP contribution < -0.4 is 0 Å². The second kappa shape index (κ2) is 6.40. The zero-order valence-electron chi connectivity index (χ0n) is 15.6. The molecule has 1 aromatic rings. The number of rotatable bonds is 3. The van der Waals surface area contributed by atoms with Crippen LogP contribution in [0.5, 0.6) is 0 Å². The Bertz CT molecular complexity index is 632. The Morgan fingerprint density at radius 3 is 2.68 bits per heavy atom. The van der Waals surface area contributed by atoms with E-state index in [1.54, 1.807) is 0 Å². The Kier molecular flexibility index (Phi) is 4.37. The van der Waals surface area contributed by atoms with Gasteiger partial charge in [0.2, 0.25) is 5.91 Å². The second-order valence-electron chi connectivity index (χ2n) is 8.30. The molecule has 3 heterocycles. The molecule has 0 N–H and O–H groups in total. The minimum absolute atomic E-state index is 0.244. The Hall–Kier alpha value is -1.39. The van der Waals surface area contributed by atoms with Crippen LogP contribution in [0, 0.1) is 11.8 Å². The third-order valence-electron chi connectivity index (χ3n) is 6.67. The molecule has 136 valence electrons. The molecule has 4 rings (SSSR count). The Morgan fingerprint density at radius 2 is 1.96 bits per heavy atom. The van der Waals surface area contributed by atoms with Crippen molar-refractivity contribution in [2.24, 2.45) is 11.8 Å². The van der Waals surface area contributed by atoms with E-state index in [0.717, 1.165) is 25.9 Å². The van der Waals surface area contributed by atoms with E-state index in [0.29, 0.717) is 36.8 Å². The largest absolute Gasteiger partial charge is 0.353 e. The first-order valence-corrected chi connectivity index (χ1v) is 9.78. The maximum Gasteiger partial charge on any atom is 0.225 e. The minimum Gasteiger partial charge on any atom is -0.353 e. The van der Waals surface area contributed by atoms with Crippen molar-refractivity contribution in [1.82, 2.24) is 9.80 Å². The molecule has 0 bridgehead atoms. The number of hydrogen-bond donors (Lipinski definition) is 0. The maximum atomic E-state index is 12.7. The average Bonchev–Trinajstić information content (AvgIpc) is 3.02. The van der Waals surface area contributed by atoms with Gasteiger partial charge in [0.1, 0.15) is 5.72 Å². The number of ether oxygens (including phenoxy) is 1. The third-order valence-corrected chi connectivity index (χ3v) is 6.67. The van der Waals surface area contributed by atoms with Crippen LogP contribution in [0.3, 0.4) is 0 Å². The van der Waals surface area contributed by atoms with Gasteiger partial charge in [0, 0.05) is 37.9 Å². The van der Waals surface area contributed by atoms with E-state index < -0.39 is 0 Å². The molecule has 3 aliphatic heterocycles. The Balaban J connectivity index is 1.56. The highest BCUT2D eigenvalue weighted by Gasteiger charge is 2.59. The van der Waals surface area contributed by atoms with Gasteiger partial charge in [0.15, 0.2) is 0 Å². The summed E-state index contributed by atoms with van der Waals surface area (Å²) in [7, 11) is 0. The lowest BCUT2D eigenvalue weighted by molar-refractivity contribution is -0.194. The van der Waals surface area contributed by atoms with Crippen molar-refractivity contribution in [3.8, 4) is 0 Å². The zero-order valence-corrected chi connectivity index (χ0v) is 15.6. The lowest BCUT2D eigenvalue weighted by Gasteiger charge is -2.54. The van der Waals surface area contributed by atoms with Crippen molar-refractivity contribution < 1.29 is 9.53 Å². The number of likely N-dealkylation sites (tertiary alicyclic amines) is 1. The van der Waals surface area contributed by atoms with Gasteiger partial charge in [-0.3, -0.25) is 9.69 Å². The number of piperidine rings is 2. The lowest BCUT2D eigenvalue weighted by Crippen LogP contribution is -2.65. The molecular weight excluding hydrogens is 312 g/mol. The van der Waals surface area contributed by atoms with Crippen LogP contribution in [0.25, 0.3) is 0 Å². The zero-order chi connectivity index (χ0) is 17.6. The van der Waals surface area contributed by atoms with Gasteiger partial charge in [-0.1, -0.05) is 44.2 Å². The average molecular weight is 342 g/mol. The third kappa shape index (κ3) is 2.70. The van der Waals surface area contributed by atoms with Crippen molar-refractivity contribution in [3.05, 3.63) is 35.9 Å². The summed E-state index contributed by atoms with van der Waals surface area (Å²) in [5.74, 6) is 1.18. The maximum absolute atomic E-state index is 12.7. The van der Waals surface area contributed by atoms with Gasteiger partial charge in [-0.15, -0.1) is 0 Å². The molecular formula is C21H30N2O2. The fourth-order valence-corrected chi connectivity index (χ4v) is 5.10. The van der Waals surface area contributed by atoms with Gasteiger partial charge >= 0.3 is 0 Å². The molecule has 1 aromatic carbocycles. The van der Waals surface area contributed by atoms with Crippen LogP contribution in [0.1, 0.15) is 51.6 Å². The van der Waals surface area contributed by atoms with E-state index >= 15 is 0 Å². The molecule has 4 atom stereocenters. The van der Waals surface area contributed by atoms with Crippen molar-refractivity contribution in [2.45, 2.75) is 57.8 Å². The first kappa shape index (κ1) is 17.0. The number of hydrogen-bond acceptors (Lipinski definition) is 3. The summed E-state index contributed by atoms with van der Waals surface area (Å²) in [5.41, 5.74) is 1.03. The molecule has 3 aliphatic rings. The molecule has 0 aromatic heterocycles. The number of nitrogens with zero attached hydrogens (tertiary/aromatic N) is 2. The Labute approximate surface area is 151 Å². The lowest BCUT2D eigenvalue weighted by atomic mass is 9.78. The van der Waals surface area contributed by atoms with Crippen LogP contribution in [0.2, 0.25) is 0 Å². The van der Waals surface area contributed by atoms with E-state index in [4.69, 9.17) is 4.74 Å². The van der Waals surface area contributed by atoms with Crippen LogP contribution in [0.4, 0.5) is 0 Å². The first-order valence-electron chi connectivity index (χ1n) is 9.78. The second-order valence-corrected chi connectivity index (χ2v) is 8.30. The smallest absolute Gasteiger partial charge is 0.225 e. The normalized spacial score (nSPS) is 34.1. The summed E-state index contributed by atoms with van der Waals surface area (Å²) in [5, 5.41) is 0. The fraction of sp³-hybridized carbons (Fsp3) is 0.667. The predicted octanol–water partition coefficient (Wildman–Crippen LogP) is 3.44. The van der Waals surface area contributed by atoms with Crippen molar-refractivity contribution in [2.75, 3.05) is 19.7 Å². The molecule has 3 fully saturated rings. The molecule has 25 heavy (non-hydrogen) atoms. The molecule has 0 saturated carbocycles. The number of benzene rings is 1. The topological polar surface area (TPSA) is 32.8 Å². The van der Waals surface area contributed by atoms with Crippen LogP contribution in [0.15, 0.2) is 30.3 Å². The number of carbonyl (C=O) groups excluding carboxylic acids is 1. The van der Waals surface area contributed by atoms with Crippen LogP contribution in [-0.2, 0) is 9.53 Å². The minimum atomic E-state index is -0.336. The molecule has 0 aliphatic carbocycles. The molecule has 3 saturated heterocycles. The summed E-state index contributed by atoms with van der Waals surface area (Å²) in [6, 6.07) is 11.4. The van der Waals surface area contributed by atoms with Gasteiger partial charge < -0.3 is 9.64 Å². The molecule has 1 amide bonds. The molecule has 3 unspecified atom stereocenters. The van der Waals surface area contributed by atoms with Gasteiger partial charge in [-0.05, 0) is 24.8 Å². The summed E-state index contributed by atoms with van der Waals surface area (Å²) in [4.78, 5) is 17.4. The fourth-order valence-electron chi connectivity index (χ4n) is 5.10.